The van der Waals surface area contributed by atoms with Gasteiger partial charge in [0.25, 0.3) is 11.8 Å². The summed E-state index contributed by atoms with van der Waals surface area (Å²) in [6.07, 6.45) is 2.63. The molecule has 2 aromatic carbocycles. The van der Waals surface area contributed by atoms with Crippen molar-refractivity contribution in [2.45, 2.75) is 58.0 Å². The van der Waals surface area contributed by atoms with Gasteiger partial charge in [0.15, 0.2) is 11.5 Å². The number of rotatable bonds is 9. The van der Waals surface area contributed by atoms with Crippen molar-refractivity contribution in [3.8, 4) is 5.75 Å². The SMILES string of the molecule is COc1ccc(CCNC(=O)c2cc(CN(C(=O)c3ccc(C(C)(C)C)cc3)C3CC3)on2)cc1. The van der Waals surface area contributed by atoms with Crippen molar-refractivity contribution in [3.05, 3.63) is 82.7 Å². The molecular formula is C28H33N3O4. The van der Waals surface area contributed by atoms with E-state index in [0.29, 0.717) is 24.3 Å². The van der Waals surface area contributed by atoms with Crippen LogP contribution in [0.15, 0.2) is 59.1 Å². The van der Waals surface area contributed by atoms with E-state index in [1.165, 1.54) is 5.56 Å². The van der Waals surface area contributed by atoms with Gasteiger partial charge in [0, 0.05) is 24.2 Å². The molecule has 0 saturated heterocycles. The first-order valence-corrected chi connectivity index (χ1v) is 12.0. The van der Waals surface area contributed by atoms with Crippen LogP contribution >= 0.6 is 0 Å². The number of hydrogen-bond acceptors (Lipinski definition) is 5. The first-order valence-electron chi connectivity index (χ1n) is 12.0. The molecule has 0 atom stereocenters. The third-order valence-electron chi connectivity index (χ3n) is 6.22. The lowest BCUT2D eigenvalue weighted by molar-refractivity contribution is 0.0712. The minimum Gasteiger partial charge on any atom is -0.497 e. The average molecular weight is 476 g/mol. The molecule has 3 aromatic rings. The predicted molar refractivity (Wildman–Crippen MR) is 134 cm³/mol. The Balaban J connectivity index is 1.34. The summed E-state index contributed by atoms with van der Waals surface area (Å²) < 4.78 is 10.6. The first-order chi connectivity index (χ1) is 16.7. The van der Waals surface area contributed by atoms with Crippen molar-refractivity contribution in [2.75, 3.05) is 13.7 Å². The van der Waals surface area contributed by atoms with E-state index in [0.717, 1.165) is 24.2 Å². The maximum Gasteiger partial charge on any atom is 0.273 e. The number of methoxy groups -OCH3 is 1. The van der Waals surface area contributed by atoms with Crippen LogP contribution in [0, 0.1) is 0 Å². The van der Waals surface area contributed by atoms with Crippen molar-refractivity contribution in [3.63, 3.8) is 0 Å². The summed E-state index contributed by atoms with van der Waals surface area (Å²) in [6.45, 7) is 7.21. The normalized spacial score (nSPS) is 13.4. The Bertz CT molecular complexity index is 1160. The number of hydrogen-bond donors (Lipinski definition) is 1. The Morgan fingerprint density at radius 1 is 1.09 bits per heavy atom. The summed E-state index contributed by atoms with van der Waals surface area (Å²) in [5.41, 5.74) is 3.18. The van der Waals surface area contributed by atoms with Crippen LogP contribution in [0.5, 0.6) is 5.75 Å². The van der Waals surface area contributed by atoms with E-state index < -0.39 is 0 Å². The molecule has 0 bridgehead atoms. The molecule has 184 valence electrons. The van der Waals surface area contributed by atoms with Gasteiger partial charge in [-0.3, -0.25) is 9.59 Å². The van der Waals surface area contributed by atoms with Gasteiger partial charge in [-0.1, -0.05) is 50.2 Å². The number of carbonyl (C=O) groups is 2. The van der Waals surface area contributed by atoms with Gasteiger partial charge in [-0.25, -0.2) is 0 Å². The molecule has 0 radical (unpaired) electrons. The molecule has 35 heavy (non-hydrogen) atoms. The molecule has 1 N–H and O–H groups in total. The van der Waals surface area contributed by atoms with Gasteiger partial charge in [0.2, 0.25) is 0 Å². The Morgan fingerprint density at radius 2 is 1.77 bits per heavy atom. The number of nitrogens with one attached hydrogen (secondary N) is 1. The number of nitrogens with zero attached hydrogens (tertiary/aromatic N) is 2. The maximum absolute atomic E-state index is 13.2. The lowest BCUT2D eigenvalue weighted by Gasteiger charge is -2.22. The molecule has 7 nitrogen and oxygen atoms in total. The topological polar surface area (TPSA) is 84.7 Å². The average Bonchev–Trinajstić information content (AvgIpc) is 3.59. The van der Waals surface area contributed by atoms with Crippen LogP contribution in [-0.4, -0.2) is 41.6 Å². The fourth-order valence-corrected chi connectivity index (χ4v) is 3.90. The lowest BCUT2D eigenvalue weighted by Crippen LogP contribution is -2.32. The zero-order valence-electron chi connectivity index (χ0n) is 20.8. The molecule has 1 aliphatic rings. The summed E-state index contributed by atoms with van der Waals surface area (Å²) in [4.78, 5) is 27.6. The van der Waals surface area contributed by atoms with Gasteiger partial charge in [0.1, 0.15) is 5.75 Å². The Hall–Kier alpha value is -3.61. The van der Waals surface area contributed by atoms with Gasteiger partial charge in [-0.05, 0) is 60.1 Å². The second kappa shape index (κ2) is 10.3. The van der Waals surface area contributed by atoms with Crippen molar-refractivity contribution in [1.29, 1.82) is 0 Å². The summed E-state index contributed by atoms with van der Waals surface area (Å²) in [7, 11) is 1.63. The molecule has 1 aromatic heterocycles. The zero-order valence-corrected chi connectivity index (χ0v) is 20.8. The standard InChI is InChI=1S/C28H33N3O4/c1-28(2,3)21-9-7-20(8-10-21)27(33)31(22-11-12-22)18-24-17-25(30-35-24)26(32)29-16-15-19-5-13-23(34-4)14-6-19/h5-10,13-14,17,22H,11-12,15-16,18H2,1-4H3,(H,29,32). The second-order valence-corrected chi connectivity index (χ2v) is 10.0. The highest BCUT2D eigenvalue weighted by molar-refractivity contribution is 5.95. The van der Waals surface area contributed by atoms with E-state index in [1.807, 2.05) is 53.4 Å². The van der Waals surface area contributed by atoms with Gasteiger partial charge in [-0.15, -0.1) is 0 Å². The fourth-order valence-electron chi connectivity index (χ4n) is 3.90. The number of benzene rings is 2. The molecule has 1 saturated carbocycles. The number of amides is 2. The molecule has 0 unspecified atom stereocenters. The molecule has 1 heterocycles. The van der Waals surface area contributed by atoms with E-state index in [2.05, 4.69) is 31.2 Å². The van der Waals surface area contributed by atoms with Gasteiger partial charge in [0.05, 0.1) is 13.7 Å². The predicted octanol–water partition coefficient (Wildman–Crippen LogP) is 4.76. The Labute approximate surface area is 206 Å². The molecule has 1 aliphatic carbocycles. The number of ether oxygens (including phenoxy) is 1. The van der Waals surface area contributed by atoms with Crippen molar-refractivity contribution >= 4 is 11.8 Å². The van der Waals surface area contributed by atoms with Crippen LogP contribution in [0.2, 0.25) is 0 Å². The first kappa shape index (κ1) is 24.5. The Morgan fingerprint density at radius 3 is 2.37 bits per heavy atom. The molecule has 1 fully saturated rings. The monoisotopic (exact) mass is 475 g/mol. The highest BCUT2D eigenvalue weighted by Gasteiger charge is 2.34. The largest absolute Gasteiger partial charge is 0.497 e. The smallest absolute Gasteiger partial charge is 0.273 e. The van der Waals surface area contributed by atoms with E-state index in [4.69, 9.17) is 9.26 Å². The third kappa shape index (κ3) is 6.29. The van der Waals surface area contributed by atoms with E-state index in [-0.39, 0.29) is 35.5 Å². The Kier molecular flexibility index (Phi) is 7.24. The molecule has 0 spiro atoms. The molecule has 2 amide bonds. The van der Waals surface area contributed by atoms with Crippen LogP contribution in [0.25, 0.3) is 0 Å². The molecular weight excluding hydrogens is 442 g/mol. The fraction of sp³-hybridized carbons (Fsp3) is 0.393. The van der Waals surface area contributed by atoms with Gasteiger partial charge in [-0.2, -0.15) is 0 Å². The van der Waals surface area contributed by atoms with E-state index >= 15 is 0 Å². The van der Waals surface area contributed by atoms with E-state index in [9.17, 15) is 9.59 Å². The minimum absolute atomic E-state index is 0.0310. The van der Waals surface area contributed by atoms with Crippen LogP contribution in [0.1, 0.15) is 71.3 Å². The lowest BCUT2D eigenvalue weighted by atomic mass is 9.86. The summed E-state index contributed by atoms with van der Waals surface area (Å²) in [5, 5.41) is 6.80. The summed E-state index contributed by atoms with van der Waals surface area (Å²) in [6, 6.07) is 17.4. The van der Waals surface area contributed by atoms with Gasteiger partial charge < -0.3 is 19.5 Å². The summed E-state index contributed by atoms with van der Waals surface area (Å²) in [5.74, 6) is 0.968. The molecule has 4 rings (SSSR count). The van der Waals surface area contributed by atoms with E-state index in [1.54, 1.807) is 13.2 Å². The number of aromatic nitrogens is 1. The summed E-state index contributed by atoms with van der Waals surface area (Å²) >= 11 is 0. The van der Waals surface area contributed by atoms with Crippen LogP contribution in [0.4, 0.5) is 0 Å². The third-order valence-corrected chi connectivity index (χ3v) is 6.22. The van der Waals surface area contributed by atoms with Crippen LogP contribution in [-0.2, 0) is 18.4 Å². The molecule has 0 aliphatic heterocycles. The van der Waals surface area contributed by atoms with Crippen molar-refractivity contribution in [2.24, 2.45) is 0 Å². The number of carbonyl (C=O) groups excluding carboxylic acids is 2. The minimum atomic E-state index is -0.296. The van der Waals surface area contributed by atoms with Crippen LogP contribution in [0.3, 0.4) is 0 Å². The second-order valence-electron chi connectivity index (χ2n) is 10.0. The van der Waals surface area contributed by atoms with Crippen molar-refractivity contribution < 1.29 is 18.8 Å². The van der Waals surface area contributed by atoms with Crippen molar-refractivity contribution in [1.82, 2.24) is 15.4 Å². The van der Waals surface area contributed by atoms with Crippen LogP contribution < -0.4 is 10.1 Å². The zero-order chi connectivity index (χ0) is 25.0. The highest BCUT2D eigenvalue weighted by atomic mass is 16.5. The maximum atomic E-state index is 13.2. The van der Waals surface area contributed by atoms with Gasteiger partial charge >= 0.3 is 0 Å². The molecule has 7 heteroatoms. The quantitative estimate of drug-likeness (QED) is 0.482. The highest BCUT2D eigenvalue weighted by Crippen LogP contribution is 2.30.